The Balaban J connectivity index is 2.26. The Morgan fingerprint density at radius 2 is 2.17 bits per heavy atom. The van der Waals surface area contributed by atoms with Gasteiger partial charge in [0.05, 0.1) is 0 Å². The van der Waals surface area contributed by atoms with Crippen molar-refractivity contribution in [3.05, 3.63) is 0 Å². The molecule has 0 saturated carbocycles. The van der Waals surface area contributed by atoms with Crippen LogP contribution in [0.4, 0.5) is 0 Å². The van der Waals surface area contributed by atoms with Crippen LogP contribution in [0.15, 0.2) is 0 Å². The molecule has 1 heterocycles. The standard InChI is InChI=1S/C15H33N3/c1-13(10-16)7-8-17-12-15(2,3)14-6-5-9-18(4)11-14/h13-14,17H,5-12,16H2,1-4H3. The number of hydrogen-bond donors (Lipinski definition) is 2. The smallest absolute Gasteiger partial charge is 0.00122 e. The van der Waals surface area contributed by atoms with Gasteiger partial charge in [0.2, 0.25) is 0 Å². The minimum atomic E-state index is 0.403. The highest BCUT2D eigenvalue weighted by Crippen LogP contribution is 2.32. The van der Waals surface area contributed by atoms with E-state index in [2.05, 4.69) is 38.0 Å². The summed E-state index contributed by atoms with van der Waals surface area (Å²) in [6.45, 7) is 12.6. The molecule has 0 amide bonds. The summed E-state index contributed by atoms with van der Waals surface area (Å²) in [6, 6.07) is 0. The lowest BCUT2D eigenvalue weighted by molar-refractivity contribution is 0.103. The summed E-state index contributed by atoms with van der Waals surface area (Å²) in [4.78, 5) is 2.48. The van der Waals surface area contributed by atoms with E-state index in [0.29, 0.717) is 11.3 Å². The molecule has 0 bridgehead atoms. The Morgan fingerprint density at radius 1 is 1.44 bits per heavy atom. The fourth-order valence-corrected chi connectivity index (χ4v) is 2.83. The number of likely N-dealkylation sites (tertiary alicyclic amines) is 1. The van der Waals surface area contributed by atoms with Gasteiger partial charge in [0, 0.05) is 13.1 Å². The molecule has 0 aromatic carbocycles. The fraction of sp³-hybridized carbons (Fsp3) is 1.00. The van der Waals surface area contributed by atoms with E-state index in [0.717, 1.165) is 25.6 Å². The van der Waals surface area contributed by atoms with Gasteiger partial charge in [-0.2, -0.15) is 0 Å². The molecular weight excluding hydrogens is 222 g/mol. The van der Waals surface area contributed by atoms with E-state index >= 15 is 0 Å². The highest BCUT2D eigenvalue weighted by molar-refractivity contribution is 4.85. The molecule has 108 valence electrons. The molecule has 1 aliphatic heterocycles. The predicted octanol–water partition coefficient (Wildman–Crippen LogP) is 1.93. The topological polar surface area (TPSA) is 41.3 Å². The molecule has 3 heteroatoms. The number of nitrogens with zero attached hydrogens (tertiary/aromatic N) is 1. The summed E-state index contributed by atoms with van der Waals surface area (Å²) in [5.41, 5.74) is 6.04. The zero-order chi connectivity index (χ0) is 13.6. The summed E-state index contributed by atoms with van der Waals surface area (Å²) in [6.07, 6.45) is 3.93. The Kier molecular flexibility index (Phi) is 6.61. The molecule has 0 radical (unpaired) electrons. The summed E-state index contributed by atoms with van der Waals surface area (Å²) in [7, 11) is 2.25. The Labute approximate surface area is 113 Å². The van der Waals surface area contributed by atoms with Crippen LogP contribution in [0.5, 0.6) is 0 Å². The maximum atomic E-state index is 5.64. The largest absolute Gasteiger partial charge is 0.330 e. The average Bonchev–Trinajstić information content (AvgIpc) is 2.34. The molecule has 0 spiro atoms. The van der Waals surface area contributed by atoms with E-state index in [1.54, 1.807) is 0 Å². The average molecular weight is 255 g/mol. The van der Waals surface area contributed by atoms with Gasteiger partial charge < -0.3 is 16.0 Å². The second kappa shape index (κ2) is 7.46. The van der Waals surface area contributed by atoms with E-state index in [9.17, 15) is 0 Å². The van der Waals surface area contributed by atoms with Crippen molar-refractivity contribution in [3.63, 3.8) is 0 Å². The first-order valence-electron chi connectivity index (χ1n) is 7.55. The Bertz CT molecular complexity index is 228. The van der Waals surface area contributed by atoms with Gasteiger partial charge in [-0.3, -0.25) is 0 Å². The van der Waals surface area contributed by atoms with Crippen LogP contribution in [0, 0.1) is 17.3 Å². The van der Waals surface area contributed by atoms with Crippen LogP contribution in [0.1, 0.15) is 40.0 Å². The quantitative estimate of drug-likeness (QED) is 0.683. The molecule has 1 fully saturated rings. The van der Waals surface area contributed by atoms with Gasteiger partial charge in [-0.1, -0.05) is 20.8 Å². The zero-order valence-electron chi connectivity index (χ0n) is 12.8. The van der Waals surface area contributed by atoms with Crippen LogP contribution < -0.4 is 11.1 Å². The van der Waals surface area contributed by atoms with Gasteiger partial charge in [0.15, 0.2) is 0 Å². The summed E-state index contributed by atoms with van der Waals surface area (Å²) < 4.78 is 0. The zero-order valence-corrected chi connectivity index (χ0v) is 12.8. The van der Waals surface area contributed by atoms with Crippen molar-refractivity contribution in [2.75, 3.05) is 39.8 Å². The molecule has 0 aliphatic carbocycles. The Hall–Kier alpha value is -0.120. The van der Waals surface area contributed by atoms with Gasteiger partial charge in [-0.15, -0.1) is 0 Å². The van der Waals surface area contributed by atoms with Crippen LogP contribution in [0.25, 0.3) is 0 Å². The second-order valence-corrected chi connectivity index (χ2v) is 6.90. The van der Waals surface area contributed by atoms with E-state index in [1.165, 1.54) is 32.4 Å². The van der Waals surface area contributed by atoms with Gasteiger partial charge in [0.25, 0.3) is 0 Å². The molecule has 3 nitrogen and oxygen atoms in total. The maximum Gasteiger partial charge on any atom is 0.00122 e. The van der Waals surface area contributed by atoms with E-state index in [-0.39, 0.29) is 0 Å². The lowest BCUT2D eigenvalue weighted by Gasteiger charge is -2.40. The summed E-state index contributed by atoms with van der Waals surface area (Å²) in [5, 5.41) is 3.63. The highest BCUT2D eigenvalue weighted by atomic mass is 15.1. The minimum Gasteiger partial charge on any atom is -0.330 e. The van der Waals surface area contributed by atoms with Crippen molar-refractivity contribution < 1.29 is 0 Å². The summed E-state index contributed by atoms with van der Waals surface area (Å²) in [5.74, 6) is 1.47. The molecule has 18 heavy (non-hydrogen) atoms. The highest BCUT2D eigenvalue weighted by Gasteiger charge is 2.31. The van der Waals surface area contributed by atoms with Crippen LogP contribution in [-0.2, 0) is 0 Å². The molecule has 0 aromatic heterocycles. The van der Waals surface area contributed by atoms with Crippen LogP contribution in [0.2, 0.25) is 0 Å². The fourth-order valence-electron chi connectivity index (χ4n) is 2.83. The summed E-state index contributed by atoms with van der Waals surface area (Å²) >= 11 is 0. The first-order chi connectivity index (χ1) is 8.45. The molecule has 0 aromatic rings. The van der Waals surface area contributed by atoms with Crippen molar-refractivity contribution in [2.24, 2.45) is 23.0 Å². The third-order valence-electron chi connectivity index (χ3n) is 4.53. The molecule has 1 rings (SSSR count). The lowest BCUT2D eigenvalue weighted by atomic mass is 9.74. The molecule has 3 N–H and O–H groups in total. The Morgan fingerprint density at radius 3 is 2.78 bits per heavy atom. The first-order valence-corrected chi connectivity index (χ1v) is 7.55. The van der Waals surface area contributed by atoms with Crippen LogP contribution in [-0.4, -0.2) is 44.7 Å². The van der Waals surface area contributed by atoms with Crippen molar-refractivity contribution in [1.29, 1.82) is 0 Å². The van der Waals surface area contributed by atoms with Gasteiger partial charge in [0.1, 0.15) is 0 Å². The molecule has 1 aliphatic rings. The van der Waals surface area contributed by atoms with E-state index in [4.69, 9.17) is 5.73 Å². The van der Waals surface area contributed by atoms with Crippen molar-refractivity contribution in [2.45, 2.75) is 40.0 Å². The normalized spacial score (nSPS) is 24.2. The third-order valence-corrected chi connectivity index (χ3v) is 4.53. The molecule has 2 unspecified atom stereocenters. The lowest BCUT2D eigenvalue weighted by Crippen LogP contribution is -2.44. The number of nitrogens with one attached hydrogen (secondary N) is 1. The molecule has 1 saturated heterocycles. The maximum absolute atomic E-state index is 5.64. The predicted molar refractivity (Wildman–Crippen MR) is 79.7 cm³/mol. The van der Waals surface area contributed by atoms with Crippen LogP contribution in [0.3, 0.4) is 0 Å². The SMILES string of the molecule is CC(CN)CCNCC(C)(C)C1CCCN(C)C1. The van der Waals surface area contributed by atoms with Gasteiger partial charge in [-0.25, -0.2) is 0 Å². The second-order valence-electron chi connectivity index (χ2n) is 6.90. The van der Waals surface area contributed by atoms with E-state index < -0.39 is 0 Å². The van der Waals surface area contributed by atoms with Crippen molar-refractivity contribution in [1.82, 2.24) is 10.2 Å². The number of hydrogen-bond acceptors (Lipinski definition) is 3. The van der Waals surface area contributed by atoms with Crippen molar-refractivity contribution in [3.8, 4) is 0 Å². The number of nitrogens with two attached hydrogens (primary N) is 1. The van der Waals surface area contributed by atoms with E-state index in [1.807, 2.05) is 0 Å². The van der Waals surface area contributed by atoms with Crippen LogP contribution >= 0.6 is 0 Å². The third kappa shape index (κ3) is 5.25. The van der Waals surface area contributed by atoms with Crippen molar-refractivity contribution >= 4 is 0 Å². The first kappa shape index (κ1) is 15.9. The number of piperidine rings is 1. The van der Waals surface area contributed by atoms with Gasteiger partial charge >= 0.3 is 0 Å². The molecular formula is C15H33N3. The number of rotatable bonds is 7. The molecule has 2 atom stereocenters. The minimum absolute atomic E-state index is 0.403. The monoisotopic (exact) mass is 255 g/mol. The van der Waals surface area contributed by atoms with Gasteiger partial charge in [-0.05, 0) is 63.2 Å².